The van der Waals surface area contributed by atoms with E-state index in [1.165, 1.54) is 18.9 Å². The molecule has 1 aliphatic carbocycles. The molecule has 1 aromatic heterocycles. The second kappa shape index (κ2) is 6.17. The van der Waals surface area contributed by atoms with E-state index in [-0.39, 0.29) is 16.4 Å². The maximum Gasteiger partial charge on any atom is 0.300 e. The quantitative estimate of drug-likeness (QED) is 0.526. The maximum atomic E-state index is 12.1. The molecule has 0 aromatic carbocycles. The second-order valence-electron chi connectivity index (χ2n) is 5.16. The van der Waals surface area contributed by atoms with Gasteiger partial charge in [0.15, 0.2) is 0 Å². The van der Waals surface area contributed by atoms with Gasteiger partial charge in [0.1, 0.15) is 16.9 Å². The van der Waals surface area contributed by atoms with Gasteiger partial charge in [-0.25, -0.2) is 4.98 Å². The molecule has 0 spiro atoms. The van der Waals surface area contributed by atoms with Crippen LogP contribution in [-0.2, 0) is 0 Å². The van der Waals surface area contributed by atoms with Crippen molar-refractivity contribution in [2.75, 3.05) is 6.54 Å². The fourth-order valence-corrected chi connectivity index (χ4v) is 2.75. The van der Waals surface area contributed by atoms with E-state index in [1.54, 1.807) is 0 Å². The number of carbonyl (C=O) groups is 1. The fourth-order valence-electron chi connectivity index (χ4n) is 2.59. The van der Waals surface area contributed by atoms with Crippen LogP contribution in [0.3, 0.4) is 0 Å². The van der Waals surface area contributed by atoms with Crippen LogP contribution in [0.5, 0.6) is 0 Å². The number of rotatable bonds is 4. The first-order valence-electron chi connectivity index (χ1n) is 6.57. The summed E-state index contributed by atoms with van der Waals surface area (Å²) in [6, 6.07) is 1.23. The Morgan fingerprint density at radius 2 is 2.35 bits per heavy atom. The molecule has 2 atom stereocenters. The average molecular weight is 298 g/mol. The van der Waals surface area contributed by atoms with Crippen LogP contribution in [0.25, 0.3) is 0 Å². The molecule has 1 heterocycles. The molecule has 1 aliphatic rings. The minimum absolute atomic E-state index is 0.0411. The lowest BCUT2D eigenvalue weighted by Crippen LogP contribution is -2.30. The molecule has 1 fully saturated rings. The normalized spacial score (nSPS) is 21.7. The highest BCUT2D eigenvalue weighted by Gasteiger charge is 2.26. The van der Waals surface area contributed by atoms with E-state index in [9.17, 15) is 14.9 Å². The van der Waals surface area contributed by atoms with Crippen molar-refractivity contribution in [1.82, 2.24) is 10.3 Å². The highest BCUT2D eigenvalue weighted by molar-refractivity contribution is 6.29. The zero-order valence-electron chi connectivity index (χ0n) is 11.1. The molecule has 20 heavy (non-hydrogen) atoms. The van der Waals surface area contributed by atoms with Gasteiger partial charge in [0.25, 0.3) is 11.6 Å². The van der Waals surface area contributed by atoms with Crippen molar-refractivity contribution in [3.05, 3.63) is 33.1 Å². The Bertz CT molecular complexity index is 536. The first-order chi connectivity index (χ1) is 9.49. The van der Waals surface area contributed by atoms with Gasteiger partial charge in [-0.2, -0.15) is 0 Å². The molecule has 2 rings (SSSR count). The van der Waals surface area contributed by atoms with Gasteiger partial charge in [0.2, 0.25) is 0 Å². The number of carbonyl (C=O) groups excluding carboxylic acids is 1. The molecule has 1 aromatic rings. The van der Waals surface area contributed by atoms with E-state index in [1.807, 2.05) is 0 Å². The Labute approximate surface area is 121 Å². The van der Waals surface area contributed by atoms with Gasteiger partial charge in [0, 0.05) is 6.54 Å². The van der Waals surface area contributed by atoms with Crippen molar-refractivity contribution in [2.45, 2.75) is 26.2 Å². The molecule has 0 radical (unpaired) electrons. The second-order valence-corrected chi connectivity index (χ2v) is 5.55. The van der Waals surface area contributed by atoms with Crippen LogP contribution in [0.2, 0.25) is 5.15 Å². The lowest BCUT2D eigenvalue weighted by molar-refractivity contribution is -0.385. The van der Waals surface area contributed by atoms with E-state index in [0.29, 0.717) is 18.4 Å². The first kappa shape index (κ1) is 14.7. The lowest BCUT2D eigenvalue weighted by atomic mass is 9.98. The molecule has 0 aliphatic heterocycles. The number of nitro groups is 1. The highest BCUT2D eigenvalue weighted by atomic mass is 35.5. The standard InChI is InChI=1S/C13H16ClN3O3/c1-8-3-2-4-9(8)6-16-13(18)10-5-12(14)15-7-11(10)17(19)20/h5,7-9H,2-4,6H2,1H3,(H,16,18). The number of amides is 1. The third-order valence-corrected chi connectivity index (χ3v) is 4.06. The third-order valence-electron chi connectivity index (χ3n) is 3.85. The molecule has 1 saturated carbocycles. The van der Waals surface area contributed by atoms with Gasteiger partial charge < -0.3 is 5.32 Å². The smallest absolute Gasteiger partial charge is 0.300 e. The molecule has 0 saturated heterocycles. The summed E-state index contributed by atoms with van der Waals surface area (Å²) >= 11 is 5.70. The van der Waals surface area contributed by atoms with E-state index in [2.05, 4.69) is 17.2 Å². The zero-order chi connectivity index (χ0) is 14.7. The summed E-state index contributed by atoms with van der Waals surface area (Å²) in [5, 5.41) is 13.7. The predicted octanol–water partition coefficient (Wildman–Crippen LogP) is 2.81. The topological polar surface area (TPSA) is 85.1 Å². The van der Waals surface area contributed by atoms with E-state index in [0.717, 1.165) is 12.6 Å². The Balaban J connectivity index is 2.08. The van der Waals surface area contributed by atoms with Gasteiger partial charge in [-0.15, -0.1) is 0 Å². The van der Waals surface area contributed by atoms with Gasteiger partial charge >= 0.3 is 0 Å². The molecule has 1 amide bonds. The van der Waals surface area contributed by atoms with Crippen molar-refractivity contribution in [2.24, 2.45) is 11.8 Å². The monoisotopic (exact) mass is 297 g/mol. The molecular weight excluding hydrogens is 282 g/mol. The van der Waals surface area contributed by atoms with Gasteiger partial charge in [-0.1, -0.05) is 31.4 Å². The van der Waals surface area contributed by atoms with Crippen LogP contribution in [0.15, 0.2) is 12.3 Å². The number of aromatic nitrogens is 1. The zero-order valence-corrected chi connectivity index (χ0v) is 11.9. The Morgan fingerprint density at radius 3 is 2.95 bits per heavy atom. The first-order valence-corrected chi connectivity index (χ1v) is 6.95. The molecular formula is C13H16ClN3O3. The number of pyridine rings is 1. The summed E-state index contributed by atoms with van der Waals surface area (Å²) in [7, 11) is 0. The number of nitrogens with one attached hydrogen (secondary N) is 1. The SMILES string of the molecule is CC1CCCC1CNC(=O)c1cc(Cl)ncc1[N+](=O)[O-]. The minimum Gasteiger partial charge on any atom is -0.352 e. The maximum absolute atomic E-state index is 12.1. The van der Waals surface area contributed by atoms with Crippen LogP contribution in [0.1, 0.15) is 36.5 Å². The Kier molecular flexibility index (Phi) is 4.54. The van der Waals surface area contributed by atoms with Crippen LogP contribution >= 0.6 is 11.6 Å². The van der Waals surface area contributed by atoms with Crippen molar-refractivity contribution in [1.29, 1.82) is 0 Å². The third kappa shape index (κ3) is 3.25. The molecule has 1 N–H and O–H groups in total. The van der Waals surface area contributed by atoms with E-state index >= 15 is 0 Å². The molecule has 7 heteroatoms. The summed E-state index contributed by atoms with van der Waals surface area (Å²) in [6.07, 6.45) is 4.43. The van der Waals surface area contributed by atoms with Gasteiger partial charge in [0.05, 0.1) is 4.92 Å². The fraction of sp³-hybridized carbons (Fsp3) is 0.538. The minimum atomic E-state index is -0.629. The van der Waals surface area contributed by atoms with E-state index in [4.69, 9.17) is 11.6 Å². The van der Waals surface area contributed by atoms with Crippen LogP contribution in [0.4, 0.5) is 5.69 Å². The predicted molar refractivity (Wildman–Crippen MR) is 74.7 cm³/mol. The number of nitrogens with zero attached hydrogens (tertiary/aromatic N) is 2. The molecule has 0 bridgehead atoms. The van der Waals surface area contributed by atoms with Crippen molar-refractivity contribution < 1.29 is 9.72 Å². The van der Waals surface area contributed by atoms with Crippen LogP contribution in [0, 0.1) is 22.0 Å². The largest absolute Gasteiger partial charge is 0.352 e. The molecule has 108 valence electrons. The summed E-state index contributed by atoms with van der Waals surface area (Å²) in [5.41, 5.74) is -0.368. The van der Waals surface area contributed by atoms with E-state index < -0.39 is 10.8 Å². The Morgan fingerprint density at radius 1 is 1.60 bits per heavy atom. The summed E-state index contributed by atoms with van der Waals surface area (Å²) in [5.74, 6) is 0.543. The summed E-state index contributed by atoms with van der Waals surface area (Å²) in [6.45, 7) is 2.70. The van der Waals surface area contributed by atoms with Crippen molar-refractivity contribution in [3.8, 4) is 0 Å². The summed E-state index contributed by atoms with van der Waals surface area (Å²) in [4.78, 5) is 26.0. The number of halogens is 1. The van der Waals surface area contributed by atoms with Crippen LogP contribution in [-0.4, -0.2) is 22.4 Å². The number of hydrogen-bond acceptors (Lipinski definition) is 4. The Hall–Kier alpha value is -1.69. The lowest BCUT2D eigenvalue weighted by Gasteiger charge is -2.15. The van der Waals surface area contributed by atoms with Crippen molar-refractivity contribution in [3.63, 3.8) is 0 Å². The number of hydrogen-bond donors (Lipinski definition) is 1. The van der Waals surface area contributed by atoms with Gasteiger partial charge in [-0.3, -0.25) is 14.9 Å². The van der Waals surface area contributed by atoms with Crippen LogP contribution < -0.4 is 5.32 Å². The average Bonchev–Trinajstić information content (AvgIpc) is 2.81. The molecule has 2 unspecified atom stereocenters. The van der Waals surface area contributed by atoms with Crippen molar-refractivity contribution >= 4 is 23.2 Å². The molecule has 6 nitrogen and oxygen atoms in total. The highest BCUT2D eigenvalue weighted by Crippen LogP contribution is 2.30. The van der Waals surface area contributed by atoms with Gasteiger partial charge in [-0.05, 0) is 24.3 Å². The summed E-state index contributed by atoms with van der Waals surface area (Å²) < 4.78 is 0.